The first-order valence-electron chi connectivity index (χ1n) is 10.3. The first-order chi connectivity index (χ1) is 17.2. The molecule has 186 valence electrons. The van der Waals surface area contributed by atoms with Gasteiger partial charge in [0.15, 0.2) is 5.82 Å². The number of carbonyl (C=O) groups is 1. The number of amides is 1. The maximum atomic E-state index is 13.5. The molecule has 14 heteroatoms. The number of benzene rings is 2. The molecule has 0 unspecified atom stereocenters. The monoisotopic (exact) mass is 519 g/mol. The molecule has 0 radical (unpaired) electrons. The van der Waals surface area contributed by atoms with E-state index in [-0.39, 0.29) is 23.1 Å². The fourth-order valence-electron chi connectivity index (χ4n) is 3.00. The van der Waals surface area contributed by atoms with E-state index in [1.165, 1.54) is 6.33 Å². The summed E-state index contributed by atoms with van der Waals surface area (Å²) in [5.74, 6) is -0.941. The highest BCUT2D eigenvalue weighted by atomic mass is 32.1. The summed E-state index contributed by atoms with van der Waals surface area (Å²) in [6.07, 6.45) is -3.50. The third-order valence-corrected chi connectivity index (χ3v) is 5.31. The van der Waals surface area contributed by atoms with Gasteiger partial charge in [0.05, 0.1) is 12.2 Å². The smallest absolute Gasteiger partial charge is 0.395 e. The van der Waals surface area contributed by atoms with Crippen molar-refractivity contribution in [2.24, 2.45) is 0 Å². The molecule has 0 saturated carbocycles. The zero-order chi connectivity index (χ0) is 25.7. The Morgan fingerprint density at radius 3 is 2.50 bits per heavy atom. The summed E-state index contributed by atoms with van der Waals surface area (Å²) in [5, 5.41) is 17.5. The molecule has 0 aliphatic rings. The van der Waals surface area contributed by atoms with Crippen molar-refractivity contribution in [2.75, 3.05) is 29.1 Å². The topological polar surface area (TPSA) is 125 Å². The number of aliphatic hydroxyl groups excluding tert-OH is 1. The second-order valence-electron chi connectivity index (χ2n) is 7.21. The first-order valence-corrected chi connectivity index (χ1v) is 11.1. The lowest BCUT2D eigenvalue weighted by Crippen LogP contribution is -2.11. The number of hydrogen-bond acceptors (Lipinski definition) is 9. The van der Waals surface area contributed by atoms with Crippen LogP contribution in [0.1, 0.15) is 15.9 Å². The Morgan fingerprint density at radius 1 is 1.03 bits per heavy atom. The van der Waals surface area contributed by atoms with Gasteiger partial charge in [0.25, 0.3) is 5.91 Å². The Kier molecular flexibility index (Phi) is 7.36. The van der Waals surface area contributed by atoms with E-state index >= 15 is 0 Å². The standard InChI is InChI=1S/C22H17F4N7O2S/c23-16-6-3-13(9-15(16)22(24,25)26)19-31-21(36-33-19)32-20(35)12-1-4-14(5-2-12)30-18-10-17(27-7-8-34)28-11-29-18/h1-6,9-11,34H,7-8H2,(H2,27,28,29,30)(H,31,32,33,35). The van der Waals surface area contributed by atoms with Crippen LogP contribution in [0.3, 0.4) is 0 Å². The number of aliphatic hydroxyl groups is 1. The van der Waals surface area contributed by atoms with Crippen LogP contribution < -0.4 is 16.0 Å². The van der Waals surface area contributed by atoms with E-state index in [0.29, 0.717) is 41.6 Å². The number of carbonyl (C=O) groups excluding carboxylic acids is 1. The van der Waals surface area contributed by atoms with E-state index in [4.69, 9.17) is 5.11 Å². The number of alkyl halides is 3. The Bertz CT molecular complexity index is 1360. The third-order valence-electron chi connectivity index (χ3n) is 4.68. The summed E-state index contributed by atoms with van der Waals surface area (Å²) in [6, 6.07) is 10.5. The molecule has 0 atom stereocenters. The Morgan fingerprint density at radius 2 is 1.78 bits per heavy atom. The summed E-state index contributed by atoms with van der Waals surface area (Å²) in [7, 11) is 0. The van der Waals surface area contributed by atoms with Crippen molar-refractivity contribution in [1.29, 1.82) is 0 Å². The zero-order valence-corrected chi connectivity index (χ0v) is 19.0. The van der Waals surface area contributed by atoms with Gasteiger partial charge in [-0.3, -0.25) is 10.1 Å². The average Bonchev–Trinajstić information content (AvgIpc) is 3.31. The van der Waals surface area contributed by atoms with Crippen LogP contribution in [0, 0.1) is 5.82 Å². The van der Waals surface area contributed by atoms with E-state index in [0.717, 1.165) is 17.6 Å². The van der Waals surface area contributed by atoms with Gasteiger partial charge in [-0.05, 0) is 42.5 Å². The molecule has 4 N–H and O–H groups in total. The number of hydrogen-bond donors (Lipinski definition) is 4. The molecule has 0 aliphatic carbocycles. The van der Waals surface area contributed by atoms with Crippen molar-refractivity contribution < 1.29 is 27.5 Å². The van der Waals surface area contributed by atoms with Crippen LogP contribution in [0.4, 0.5) is 40.0 Å². The fourth-order valence-corrected chi connectivity index (χ4v) is 3.59. The summed E-state index contributed by atoms with van der Waals surface area (Å²) >= 11 is 0.781. The zero-order valence-electron chi connectivity index (χ0n) is 18.2. The minimum absolute atomic E-state index is 0.0321. The van der Waals surface area contributed by atoms with Gasteiger partial charge in [0.1, 0.15) is 23.8 Å². The molecule has 0 saturated heterocycles. The van der Waals surface area contributed by atoms with E-state index in [2.05, 4.69) is 35.3 Å². The van der Waals surface area contributed by atoms with Gasteiger partial charge in [-0.25, -0.2) is 14.4 Å². The molecule has 9 nitrogen and oxygen atoms in total. The van der Waals surface area contributed by atoms with Gasteiger partial charge in [-0.2, -0.15) is 22.5 Å². The molecule has 0 bridgehead atoms. The lowest BCUT2D eigenvalue weighted by molar-refractivity contribution is -0.139. The normalized spacial score (nSPS) is 11.2. The molecule has 4 rings (SSSR count). The lowest BCUT2D eigenvalue weighted by atomic mass is 10.1. The summed E-state index contributed by atoms with van der Waals surface area (Å²) in [5.41, 5.74) is -0.510. The second kappa shape index (κ2) is 10.6. The average molecular weight is 519 g/mol. The molecular formula is C22H17F4N7O2S. The van der Waals surface area contributed by atoms with Gasteiger partial charge in [-0.15, -0.1) is 0 Å². The Balaban J connectivity index is 1.41. The van der Waals surface area contributed by atoms with Crippen molar-refractivity contribution in [1.82, 2.24) is 19.3 Å². The summed E-state index contributed by atoms with van der Waals surface area (Å²) in [4.78, 5) is 24.7. The quantitative estimate of drug-likeness (QED) is 0.250. The molecule has 2 aromatic heterocycles. The van der Waals surface area contributed by atoms with E-state index in [9.17, 15) is 22.4 Å². The molecule has 2 aromatic carbocycles. The third kappa shape index (κ3) is 6.09. The van der Waals surface area contributed by atoms with Gasteiger partial charge in [-0.1, -0.05) is 0 Å². The fraction of sp³-hybridized carbons (Fsp3) is 0.136. The van der Waals surface area contributed by atoms with Crippen molar-refractivity contribution >= 4 is 39.9 Å². The minimum atomic E-state index is -4.86. The first kappa shape index (κ1) is 24.9. The number of anilines is 4. The van der Waals surface area contributed by atoms with Crippen LogP contribution >= 0.6 is 11.5 Å². The Labute approximate surface area is 205 Å². The lowest BCUT2D eigenvalue weighted by Gasteiger charge is -2.09. The van der Waals surface area contributed by atoms with Crippen LogP contribution in [0.5, 0.6) is 0 Å². The predicted molar refractivity (Wildman–Crippen MR) is 126 cm³/mol. The number of aromatic nitrogens is 4. The van der Waals surface area contributed by atoms with Crippen LogP contribution in [0.25, 0.3) is 11.4 Å². The highest BCUT2D eigenvalue weighted by Gasteiger charge is 2.34. The van der Waals surface area contributed by atoms with Crippen LogP contribution in [-0.2, 0) is 6.18 Å². The number of nitrogens with one attached hydrogen (secondary N) is 3. The molecule has 0 aliphatic heterocycles. The maximum Gasteiger partial charge on any atom is 0.419 e. The van der Waals surface area contributed by atoms with E-state index < -0.39 is 23.5 Å². The highest BCUT2D eigenvalue weighted by molar-refractivity contribution is 7.10. The SMILES string of the molecule is O=C(Nc1nc(-c2ccc(F)c(C(F)(F)F)c2)ns1)c1ccc(Nc2cc(NCCO)ncn2)cc1. The molecule has 0 fully saturated rings. The summed E-state index contributed by atoms with van der Waals surface area (Å²) < 4.78 is 56.4. The predicted octanol–water partition coefficient (Wildman–Crippen LogP) is 4.55. The molecular weight excluding hydrogens is 502 g/mol. The number of halogens is 4. The van der Waals surface area contributed by atoms with Crippen molar-refractivity contribution in [3.63, 3.8) is 0 Å². The van der Waals surface area contributed by atoms with Gasteiger partial charge < -0.3 is 15.7 Å². The second-order valence-corrected chi connectivity index (χ2v) is 7.96. The van der Waals surface area contributed by atoms with Crippen molar-refractivity contribution in [3.05, 3.63) is 71.8 Å². The summed E-state index contributed by atoms with van der Waals surface area (Å²) in [6.45, 7) is 0.300. The van der Waals surface area contributed by atoms with Crippen LogP contribution in [0.15, 0.2) is 54.9 Å². The largest absolute Gasteiger partial charge is 0.419 e. The van der Waals surface area contributed by atoms with Crippen LogP contribution in [-0.4, -0.2) is 43.5 Å². The van der Waals surface area contributed by atoms with Gasteiger partial charge in [0.2, 0.25) is 5.13 Å². The number of nitrogens with zero attached hydrogens (tertiary/aromatic N) is 4. The van der Waals surface area contributed by atoms with Crippen molar-refractivity contribution in [2.45, 2.75) is 6.18 Å². The van der Waals surface area contributed by atoms with Crippen molar-refractivity contribution in [3.8, 4) is 11.4 Å². The molecule has 36 heavy (non-hydrogen) atoms. The van der Waals surface area contributed by atoms with Crippen LogP contribution in [0.2, 0.25) is 0 Å². The van der Waals surface area contributed by atoms with E-state index in [1.54, 1.807) is 30.3 Å². The highest BCUT2D eigenvalue weighted by Crippen LogP contribution is 2.34. The van der Waals surface area contributed by atoms with Gasteiger partial charge >= 0.3 is 6.18 Å². The molecule has 0 spiro atoms. The maximum absolute atomic E-state index is 13.5. The Hall–Kier alpha value is -4.17. The number of rotatable bonds is 8. The van der Waals surface area contributed by atoms with Gasteiger partial charge in [0, 0.05) is 41.0 Å². The molecule has 1 amide bonds. The molecule has 2 heterocycles. The van der Waals surface area contributed by atoms with E-state index in [1.807, 2.05) is 0 Å². The molecule has 4 aromatic rings. The minimum Gasteiger partial charge on any atom is -0.395 e.